The zero-order valence-electron chi connectivity index (χ0n) is 10.5. The second kappa shape index (κ2) is 6.75. The van der Waals surface area contributed by atoms with Gasteiger partial charge >= 0.3 is 0 Å². The Hall–Kier alpha value is -1.29. The fourth-order valence-corrected chi connectivity index (χ4v) is 1.87. The van der Waals surface area contributed by atoms with Crippen LogP contribution in [0.25, 0.3) is 0 Å². The maximum absolute atomic E-state index is 6.15. The van der Waals surface area contributed by atoms with Crippen molar-refractivity contribution in [1.29, 1.82) is 0 Å². The van der Waals surface area contributed by atoms with Crippen LogP contribution in [0.1, 0.15) is 12.5 Å². The number of nitrogens with zero attached hydrogens (tertiary/aromatic N) is 1. The predicted octanol–water partition coefficient (Wildman–Crippen LogP) is 4.29. The summed E-state index contributed by atoms with van der Waals surface area (Å²) in [7, 11) is 0. The van der Waals surface area contributed by atoms with Crippen LogP contribution in [0.4, 0.5) is 0 Å². The van der Waals surface area contributed by atoms with Crippen LogP contribution in [-0.2, 0) is 6.54 Å². The van der Waals surface area contributed by atoms with Crippen LogP contribution in [-0.4, -0.2) is 11.5 Å². The molecule has 3 nitrogen and oxygen atoms in total. The number of pyridine rings is 1. The summed E-state index contributed by atoms with van der Waals surface area (Å²) in [6, 6.07) is 8.90. The molecule has 100 valence electrons. The average Bonchev–Trinajstić information content (AvgIpc) is 2.41. The Morgan fingerprint density at radius 2 is 1.95 bits per heavy atom. The maximum Gasteiger partial charge on any atom is 0.238 e. The third-order valence-electron chi connectivity index (χ3n) is 2.47. The van der Waals surface area contributed by atoms with Gasteiger partial charge in [-0.3, -0.25) is 0 Å². The monoisotopic (exact) mass is 296 g/mol. The molecule has 0 aliphatic rings. The molecule has 1 aromatic heterocycles. The number of nitrogens with one attached hydrogen (secondary N) is 1. The molecule has 1 aromatic carbocycles. The van der Waals surface area contributed by atoms with E-state index in [1.165, 1.54) is 0 Å². The molecule has 0 saturated carbocycles. The summed E-state index contributed by atoms with van der Waals surface area (Å²) in [4.78, 5) is 4.22. The fraction of sp³-hybridized carbons (Fsp3) is 0.214. The molecule has 0 aliphatic heterocycles. The summed E-state index contributed by atoms with van der Waals surface area (Å²) in [5.41, 5.74) is 1.02. The molecule has 2 aromatic rings. The van der Waals surface area contributed by atoms with Crippen LogP contribution < -0.4 is 10.1 Å². The zero-order valence-corrected chi connectivity index (χ0v) is 12.0. The van der Waals surface area contributed by atoms with E-state index in [1.54, 1.807) is 30.5 Å². The summed E-state index contributed by atoms with van der Waals surface area (Å²) in [5, 5.41) is 4.36. The third kappa shape index (κ3) is 4.10. The van der Waals surface area contributed by atoms with E-state index in [0.717, 1.165) is 18.7 Å². The lowest BCUT2D eigenvalue weighted by Gasteiger charge is -2.08. The number of hydrogen-bond donors (Lipinski definition) is 1. The second-order valence-electron chi connectivity index (χ2n) is 3.97. The van der Waals surface area contributed by atoms with Crippen LogP contribution in [0, 0.1) is 0 Å². The van der Waals surface area contributed by atoms with Crippen molar-refractivity contribution in [1.82, 2.24) is 10.3 Å². The highest BCUT2D eigenvalue weighted by Gasteiger charge is 2.06. The highest BCUT2D eigenvalue weighted by molar-refractivity contribution is 6.32. The van der Waals surface area contributed by atoms with Crippen molar-refractivity contribution in [2.75, 3.05) is 6.54 Å². The molecule has 5 heteroatoms. The van der Waals surface area contributed by atoms with Gasteiger partial charge in [-0.15, -0.1) is 0 Å². The lowest BCUT2D eigenvalue weighted by molar-refractivity contribution is 0.462. The quantitative estimate of drug-likeness (QED) is 0.894. The normalized spacial score (nSPS) is 10.5. The molecule has 0 unspecified atom stereocenters. The van der Waals surface area contributed by atoms with E-state index in [2.05, 4.69) is 10.3 Å². The number of aromatic nitrogens is 1. The van der Waals surface area contributed by atoms with Crippen LogP contribution in [0.15, 0.2) is 36.5 Å². The van der Waals surface area contributed by atoms with Crippen LogP contribution >= 0.6 is 23.2 Å². The molecule has 1 heterocycles. The van der Waals surface area contributed by atoms with E-state index < -0.39 is 0 Å². The van der Waals surface area contributed by atoms with Crippen molar-refractivity contribution in [3.63, 3.8) is 0 Å². The lowest BCUT2D eigenvalue weighted by Crippen LogP contribution is -2.11. The van der Waals surface area contributed by atoms with E-state index in [0.29, 0.717) is 21.7 Å². The lowest BCUT2D eigenvalue weighted by atomic mass is 10.3. The molecule has 2 rings (SSSR count). The number of halogens is 2. The van der Waals surface area contributed by atoms with E-state index >= 15 is 0 Å². The van der Waals surface area contributed by atoms with E-state index in [1.807, 2.05) is 13.0 Å². The van der Waals surface area contributed by atoms with Gasteiger partial charge in [0.15, 0.2) is 0 Å². The summed E-state index contributed by atoms with van der Waals surface area (Å²) in [6.45, 7) is 3.69. The molecule has 0 fully saturated rings. The Balaban J connectivity index is 2.10. The van der Waals surface area contributed by atoms with Gasteiger partial charge in [0.1, 0.15) is 10.8 Å². The first kappa shape index (κ1) is 14.1. The largest absolute Gasteiger partial charge is 0.438 e. The summed E-state index contributed by atoms with van der Waals surface area (Å²) >= 11 is 12.0. The van der Waals surface area contributed by atoms with Gasteiger partial charge in [-0.2, -0.15) is 0 Å². The van der Waals surface area contributed by atoms with Crippen molar-refractivity contribution < 1.29 is 4.74 Å². The Bertz CT molecular complexity index is 544. The van der Waals surface area contributed by atoms with Gasteiger partial charge in [-0.05, 0) is 42.4 Å². The smallest absolute Gasteiger partial charge is 0.238 e. The van der Waals surface area contributed by atoms with Gasteiger partial charge in [-0.25, -0.2) is 4.98 Å². The Kier molecular flexibility index (Phi) is 5.02. The van der Waals surface area contributed by atoms with Crippen LogP contribution in [0.5, 0.6) is 11.6 Å². The maximum atomic E-state index is 6.15. The van der Waals surface area contributed by atoms with E-state index in [9.17, 15) is 0 Å². The van der Waals surface area contributed by atoms with Crippen molar-refractivity contribution in [3.05, 3.63) is 52.1 Å². The topological polar surface area (TPSA) is 34.2 Å². The molecule has 0 saturated heterocycles. The van der Waals surface area contributed by atoms with Gasteiger partial charge in [0.2, 0.25) is 5.88 Å². The summed E-state index contributed by atoms with van der Waals surface area (Å²) < 4.78 is 5.60. The van der Waals surface area contributed by atoms with Gasteiger partial charge in [0.05, 0.1) is 0 Å². The molecule has 0 bridgehead atoms. The van der Waals surface area contributed by atoms with Crippen molar-refractivity contribution >= 4 is 23.2 Å². The molecule has 0 spiro atoms. The van der Waals surface area contributed by atoms with Crippen LogP contribution in [0.3, 0.4) is 0 Å². The second-order valence-corrected chi connectivity index (χ2v) is 4.81. The standard InChI is InChI=1S/C14H14Cl2N2O/c1-2-17-8-10-7-13(16)14(18-9-10)19-12-5-3-11(15)4-6-12/h3-7,9,17H,2,8H2,1H3. The molecule has 0 atom stereocenters. The molecular formula is C14H14Cl2N2O. The minimum atomic E-state index is 0.393. The summed E-state index contributed by atoms with van der Waals surface area (Å²) in [5.74, 6) is 1.04. The zero-order chi connectivity index (χ0) is 13.7. The average molecular weight is 297 g/mol. The SMILES string of the molecule is CCNCc1cnc(Oc2ccc(Cl)cc2)c(Cl)c1. The molecule has 1 N–H and O–H groups in total. The minimum absolute atomic E-state index is 0.393. The number of hydrogen-bond acceptors (Lipinski definition) is 3. The van der Waals surface area contributed by atoms with E-state index in [4.69, 9.17) is 27.9 Å². The van der Waals surface area contributed by atoms with Gasteiger partial charge < -0.3 is 10.1 Å². The Morgan fingerprint density at radius 3 is 2.58 bits per heavy atom. The Morgan fingerprint density at radius 1 is 1.21 bits per heavy atom. The first-order valence-corrected chi connectivity index (χ1v) is 6.73. The highest BCUT2D eigenvalue weighted by atomic mass is 35.5. The number of benzene rings is 1. The molecule has 0 aliphatic carbocycles. The minimum Gasteiger partial charge on any atom is -0.438 e. The number of rotatable bonds is 5. The van der Waals surface area contributed by atoms with E-state index in [-0.39, 0.29) is 0 Å². The molecule has 19 heavy (non-hydrogen) atoms. The van der Waals surface area contributed by atoms with Crippen molar-refractivity contribution in [2.45, 2.75) is 13.5 Å². The third-order valence-corrected chi connectivity index (χ3v) is 2.99. The van der Waals surface area contributed by atoms with Crippen molar-refractivity contribution in [3.8, 4) is 11.6 Å². The number of ether oxygens (including phenoxy) is 1. The molecule has 0 amide bonds. The fourth-order valence-electron chi connectivity index (χ4n) is 1.52. The first-order valence-electron chi connectivity index (χ1n) is 5.97. The summed E-state index contributed by atoms with van der Waals surface area (Å²) in [6.07, 6.45) is 1.75. The van der Waals surface area contributed by atoms with Gasteiger partial charge in [0, 0.05) is 17.8 Å². The highest BCUT2D eigenvalue weighted by Crippen LogP contribution is 2.28. The van der Waals surface area contributed by atoms with Gasteiger partial charge in [-0.1, -0.05) is 30.1 Å². The molecular weight excluding hydrogens is 283 g/mol. The molecule has 0 radical (unpaired) electrons. The van der Waals surface area contributed by atoms with Gasteiger partial charge in [0.25, 0.3) is 0 Å². The Labute approximate surface area is 122 Å². The first-order chi connectivity index (χ1) is 9.19. The van der Waals surface area contributed by atoms with Crippen LogP contribution in [0.2, 0.25) is 10.0 Å². The predicted molar refractivity (Wildman–Crippen MR) is 78.2 cm³/mol. The van der Waals surface area contributed by atoms with Crippen molar-refractivity contribution in [2.24, 2.45) is 0 Å².